The summed E-state index contributed by atoms with van der Waals surface area (Å²) in [5.74, 6) is 0.427. The predicted molar refractivity (Wildman–Crippen MR) is 166 cm³/mol. The van der Waals surface area contributed by atoms with E-state index in [2.05, 4.69) is 61.6 Å². The second-order valence-corrected chi connectivity index (χ2v) is 12.0. The first-order valence-electron chi connectivity index (χ1n) is 14.6. The molecule has 6 rings (SSSR count). The Hall–Kier alpha value is -4.18. The van der Waals surface area contributed by atoms with Crippen LogP contribution in [-0.2, 0) is 6.42 Å². The van der Waals surface area contributed by atoms with E-state index in [0.717, 1.165) is 63.2 Å². The lowest BCUT2D eigenvalue weighted by molar-refractivity contribution is 0.0951. The highest BCUT2D eigenvalue weighted by atomic mass is 32.1. The van der Waals surface area contributed by atoms with Gasteiger partial charge in [-0.3, -0.25) is 9.59 Å². The van der Waals surface area contributed by atoms with E-state index in [4.69, 9.17) is 4.42 Å². The molecule has 10 heteroatoms. The molecule has 42 heavy (non-hydrogen) atoms. The number of para-hydroxylation sites is 1. The summed E-state index contributed by atoms with van der Waals surface area (Å²) in [6, 6.07) is 14.0. The second kappa shape index (κ2) is 12.4. The van der Waals surface area contributed by atoms with Crippen LogP contribution in [0.4, 0.5) is 17.1 Å². The third-order valence-corrected chi connectivity index (χ3v) is 8.97. The van der Waals surface area contributed by atoms with Gasteiger partial charge in [0, 0.05) is 54.8 Å². The lowest BCUT2D eigenvalue weighted by Crippen LogP contribution is -2.47. The van der Waals surface area contributed by atoms with Crippen LogP contribution in [0.15, 0.2) is 58.7 Å². The lowest BCUT2D eigenvalue weighted by Gasteiger charge is -2.38. The van der Waals surface area contributed by atoms with Gasteiger partial charge < -0.3 is 24.9 Å². The van der Waals surface area contributed by atoms with Crippen molar-refractivity contribution in [1.82, 2.24) is 15.3 Å². The second-order valence-electron chi connectivity index (χ2n) is 11.0. The van der Waals surface area contributed by atoms with E-state index in [1.165, 1.54) is 22.4 Å². The van der Waals surface area contributed by atoms with Gasteiger partial charge in [-0.1, -0.05) is 18.2 Å². The van der Waals surface area contributed by atoms with Gasteiger partial charge in [-0.15, -0.1) is 11.3 Å². The zero-order valence-corrected chi connectivity index (χ0v) is 24.9. The number of anilines is 3. The molecule has 2 N–H and O–H groups in total. The zero-order valence-electron chi connectivity index (χ0n) is 24.1. The number of nitrogens with one attached hydrogen (secondary N) is 2. The highest BCUT2D eigenvalue weighted by Crippen LogP contribution is 2.39. The molecule has 2 aromatic heterocycles. The summed E-state index contributed by atoms with van der Waals surface area (Å²) in [7, 11) is 0. The zero-order chi connectivity index (χ0) is 29.1. The molecule has 0 atom stereocenters. The molecule has 3 heterocycles. The van der Waals surface area contributed by atoms with E-state index < -0.39 is 0 Å². The Bertz CT molecular complexity index is 1570. The van der Waals surface area contributed by atoms with Crippen molar-refractivity contribution in [3.05, 3.63) is 87.5 Å². The van der Waals surface area contributed by atoms with Gasteiger partial charge in [-0.2, -0.15) is 0 Å². The highest BCUT2D eigenvalue weighted by molar-refractivity contribution is 7.09. The topological polar surface area (TPSA) is 104 Å². The minimum atomic E-state index is -0.345. The van der Waals surface area contributed by atoms with Crippen molar-refractivity contribution >= 4 is 40.2 Å². The molecule has 0 bridgehead atoms. The number of oxazole rings is 1. The molecule has 0 unspecified atom stereocenters. The fourth-order valence-corrected chi connectivity index (χ4v) is 6.20. The third-order valence-electron chi connectivity index (χ3n) is 7.98. The van der Waals surface area contributed by atoms with Crippen molar-refractivity contribution in [2.45, 2.75) is 45.4 Å². The summed E-state index contributed by atoms with van der Waals surface area (Å²) >= 11 is 1.65. The molecule has 1 saturated heterocycles. The Labute approximate surface area is 250 Å². The van der Waals surface area contributed by atoms with Crippen LogP contribution in [0.1, 0.15) is 68.1 Å². The van der Waals surface area contributed by atoms with E-state index in [1.807, 2.05) is 24.6 Å². The van der Waals surface area contributed by atoms with E-state index in [9.17, 15) is 9.59 Å². The molecule has 2 amide bonds. The lowest BCUT2D eigenvalue weighted by atomic mass is 10.1. The Kier molecular flexibility index (Phi) is 8.23. The average Bonchev–Trinajstić information content (AvgIpc) is 3.59. The molecule has 2 aromatic carbocycles. The minimum absolute atomic E-state index is 0.167. The number of nitrogens with zero attached hydrogens (tertiary/aromatic N) is 4. The standard InChI is InChI=1S/C32H36N6O3S/c1-21-6-3-4-7-27(21)37-14-16-38(17-15-37)28-12-11-24(30(39)33-13-5-8-29-22(2)34-20-42-29)18-25(28)35-31(40)26-19-41-32(36-26)23-9-10-23/h3-4,6-7,11-12,18-20,23H,5,8-10,13-17H2,1-2H3,(H,33,39)(H,35,40). The maximum absolute atomic E-state index is 13.2. The summed E-state index contributed by atoms with van der Waals surface area (Å²) in [6.07, 6.45) is 5.22. The first kappa shape index (κ1) is 28.0. The van der Waals surface area contributed by atoms with Crippen molar-refractivity contribution in [2.75, 3.05) is 47.8 Å². The van der Waals surface area contributed by atoms with Crippen molar-refractivity contribution in [3.8, 4) is 0 Å². The molecule has 2 fully saturated rings. The number of thiazole rings is 1. The smallest absolute Gasteiger partial charge is 0.277 e. The molecule has 1 aliphatic carbocycles. The van der Waals surface area contributed by atoms with Gasteiger partial charge in [0.1, 0.15) is 6.26 Å². The number of hydrogen-bond acceptors (Lipinski definition) is 8. The molecule has 218 valence electrons. The Morgan fingerprint density at radius 1 is 1.00 bits per heavy atom. The summed E-state index contributed by atoms with van der Waals surface area (Å²) < 4.78 is 5.55. The number of carbonyl (C=O) groups excluding carboxylic acids is 2. The molecule has 0 spiro atoms. The van der Waals surface area contributed by atoms with Crippen molar-refractivity contribution in [1.29, 1.82) is 0 Å². The van der Waals surface area contributed by atoms with Gasteiger partial charge in [0.05, 0.1) is 22.6 Å². The van der Waals surface area contributed by atoms with Gasteiger partial charge >= 0.3 is 0 Å². The molecule has 1 aliphatic heterocycles. The Balaban J connectivity index is 1.16. The first-order chi connectivity index (χ1) is 20.5. The predicted octanol–water partition coefficient (Wildman–Crippen LogP) is 5.57. The number of amides is 2. The summed E-state index contributed by atoms with van der Waals surface area (Å²) in [6.45, 7) is 7.99. The van der Waals surface area contributed by atoms with Crippen LogP contribution in [-0.4, -0.2) is 54.5 Å². The molecular weight excluding hydrogens is 548 g/mol. The van der Waals surface area contributed by atoms with Crippen LogP contribution in [0.2, 0.25) is 0 Å². The van der Waals surface area contributed by atoms with Crippen LogP contribution in [0.25, 0.3) is 0 Å². The molecule has 1 saturated carbocycles. The van der Waals surface area contributed by atoms with Crippen molar-refractivity contribution in [3.63, 3.8) is 0 Å². The number of carbonyl (C=O) groups is 2. The molecular formula is C32H36N6O3S. The summed E-state index contributed by atoms with van der Waals surface area (Å²) in [5, 5.41) is 6.06. The van der Waals surface area contributed by atoms with E-state index >= 15 is 0 Å². The van der Waals surface area contributed by atoms with Crippen molar-refractivity contribution in [2.24, 2.45) is 0 Å². The van der Waals surface area contributed by atoms with Crippen LogP contribution in [0, 0.1) is 13.8 Å². The summed E-state index contributed by atoms with van der Waals surface area (Å²) in [5.41, 5.74) is 7.65. The quantitative estimate of drug-likeness (QED) is 0.235. The monoisotopic (exact) mass is 584 g/mol. The highest BCUT2D eigenvalue weighted by Gasteiger charge is 2.30. The number of benzene rings is 2. The van der Waals surface area contributed by atoms with Crippen molar-refractivity contribution < 1.29 is 14.0 Å². The normalized spacial score (nSPS) is 15.1. The Morgan fingerprint density at radius 3 is 2.48 bits per heavy atom. The SMILES string of the molecule is Cc1ccccc1N1CCN(c2ccc(C(=O)NCCCc3scnc3C)cc2NC(=O)c2coc(C3CC3)n2)CC1. The Morgan fingerprint density at radius 2 is 1.76 bits per heavy atom. The van der Waals surface area contributed by atoms with Gasteiger partial charge in [0.2, 0.25) is 0 Å². The molecule has 9 nitrogen and oxygen atoms in total. The minimum Gasteiger partial charge on any atom is -0.448 e. The van der Waals surface area contributed by atoms with Gasteiger partial charge in [-0.05, 0) is 69.4 Å². The van der Waals surface area contributed by atoms with Gasteiger partial charge in [0.15, 0.2) is 11.6 Å². The molecule has 0 radical (unpaired) electrons. The van der Waals surface area contributed by atoms with E-state index in [1.54, 1.807) is 17.4 Å². The summed E-state index contributed by atoms with van der Waals surface area (Å²) in [4.78, 5) is 41.0. The average molecular weight is 585 g/mol. The van der Waals surface area contributed by atoms with Gasteiger partial charge in [0.25, 0.3) is 11.8 Å². The molecule has 2 aliphatic rings. The maximum atomic E-state index is 13.2. The largest absolute Gasteiger partial charge is 0.448 e. The number of piperazine rings is 1. The third kappa shape index (κ3) is 6.33. The fraction of sp³-hybridized carbons (Fsp3) is 0.375. The number of hydrogen-bond donors (Lipinski definition) is 2. The van der Waals surface area contributed by atoms with Crippen LogP contribution < -0.4 is 20.4 Å². The molecule has 4 aromatic rings. The first-order valence-corrected chi connectivity index (χ1v) is 15.5. The number of aryl methyl sites for hydroxylation is 3. The van der Waals surface area contributed by atoms with Crippen LogP contribution in [0.3, 0.4) is 0 Å². The van der Waals surface area contributed by atoms with E-state index in [-0.39, 0.29) is 17.5 Å². The van der Waals surface area contributed by atoms with Crippen LogP contribution in [0.5, 0.6) is 0 Å². The van der Waals surface area contributed by atoms with Gasteiger partial charge in [-0.25, -0.2) is 9.97 Å². The van der Waals surface area contributed by atoms with E-state index in [0.29, 0.717) is 29.6 Å². The van der Waals surface area contributed by atoms with Crippen LogP contribution >= 0.6 is 11.3 Å². The fourth-order valence-electron chi connectivity index (χ4n) is 5.37. The maximum Gasteiger partial charge on any atom is 0.277 e. The number of aromatic nitrogens is 2. The number of rotatable bonds is 10.